The molecule has 5 nitrogen and oxygen atoms in total. The number of alkyl halides is 1. The number of aliphatic hydroxyl groups is 1. The number of rotatable bonds is 7. The highest BCUT2D eigenvalue weighted by Crippen LogP contribution is 2.28. The summed E-state index contributed by atoms with van der Waals surface area (Å²) in [5, 5.41) is 12.5. The Labute approximate surface area is 132 Å². The van der Waals surface area contributed by atoms with Crippen LogP contribution in [0, 0.1) is 0 Å². The molecule has 0 saturated carbocycles. The number of thiazole rings is 1. The fourth-order valence-corrected chi connectivity index (χ4v) is 4.61. The lowest BCUT2D eigenvalue weighted by atomic mass is 10.3. The number of fused-ring (bicyclic) bond motifs is 1. The highest BCUT2D eigenvalue weighted by Gasteiger charge is 2.18. The van der Waals surface area contributed by atoms with Gasteiger partial charge in [-0.3, -0.25) is 0 Å². The van der Waals surface area contributed by atoms with E-state index in [2.05, 4.69) is 10.3 Å². The minimum Gasteiger partial charge on any atom is -0.390 e. The molecule has 2 aromatic rings. The van der Waals surface area contributed by atoms with Crippen molar-refractivity contribution in [3.8, 4) is 0 Å². The van der Waals surface area contributed by atoms with Crippen molar-refractivity contribution in [1.82, 2.24) is 4.98 Å². The molecule has 2 N–H and O–H groups in total. The van der Waals surface area contributed by atoms with Crippen LogP contribution < -0.4 is 5.32 Å². The molecule has 1 aromatic heterocycles. The average molecular weight is 349 g/mol. The molecule has 0 radical (unpaired) electrons. The average Bonchev–Trinajstić information content (AvgIpc) is 2.88. The van der Waals surface area contributed by atoms with E-state index in [0.717, 1.165) is 10.4 Å². The van der Waals surface area contributed by atoms with Crippen LogP contribution in [-0.4, -0.2) is 42.8 Å². The third kappa shape index (κ3) is 4.06. The highest BCUT2D eigenvalue weighted by molar-refractivity contribution is 7.93. The second-order valence-corrected chi connectivity index (χ2v) is 8.29. The monoisotopic (exact) mass is 348 g/mol. The van der Waals surface area contributed by atoms with Crippen molar-refractivity contribution in [1.29, 1.82) is 0 Å². The minimum absolute atomic E-state index is 0.111. The van der Waals surface area contributed by atoms with Crippen molar-refractivity contribution < 1.29 is 13.5 Å². The predicted octanol–water partition coefficient (Wildman–Crippen LogP) is 2.49. The number of aromatic nitrogens is 1. The topological polar surface area (TPSA) is 79.3 Å². The number of hydrogen-bond donors (Lipinski definition) is 2. The number of nitrogens with zero attached hydrogens (tertiary/aromatic N) is 1. The smallest absolute Gasteiger partial charge is 0.210 e. The molecule has 0 fully saturated rings. The normalized spacial score (nSPS) is 13.5. The fraction of sp³-hybridized carbons (Fsp3) is 0.462. The van der Waals surface area contributed by atoms with Gasteiger partial charge in [0.2, 0.25) is 14.2 Å². The Hall–Kier alpha value is -0.890. The minimum atomic E-state index is -3.29. The molecule has 0 bridgehead atoms. The van der Waals surface area contributed by atoms with Crippen molar-refractivity contribution in [3.05, 3.63) is 18.2 Å². The molecule has 0 aliphatic heterocycles. The Balaban J connectivity index is 2.24. The first-order valence-electron chi connectivity index (χ1n) is 6.57. The van der Waals surface area contributed by atoms with Crippen molar-refractivity contribution in [2.75, 3.05) is 23.5 Å². The number of anilines is 1. The van der Waals surface area contributed by atoms with Gasteiger partial charge in [-0.15, -0.1) is 22.9 Å². The van der Waals surface area contributed by atoms with Crippen molar-refractivity contribution in [3.63, 3.8) is 0 Å². The summed E-state index contributed by atoms with van der Waals surface area (Å²) in [5.41, 5.74) is 1.47. The number of hydrogen-bond acceptors (Lipinski definition) is 6. The van der Waals surface area contributed by atoms with Crippen molar-refractivity contribution >= 4 is 48.7 Å². The van der Waals surface area contributed by atoms with E-state index in [9.17, 15) is 13.5 Å². The molecule has 1 aromatic carbocycles. The van der Waals surface area contributed by atoms with Crippen LogP contribution in [0.3, 0.4) is 0 Å². The van der Waals surface area contributed by atoms with Crippen molar-refractivity contribution in [2.24, 2.45) is 0 Å². The van der Waals surface area contributed by atoms with Crippen LogP contribution in [0.1, 0.15) is 13.3 Å². The molecule has 0 spiro atoms. The summed E-state index contributed by atoms with van der Waals surface area (Å²) in [7, 11) is -3.29. The number of nitrogens with one attached hydrogen (secondary N) is 1. The van der Waals surface area contributed by atoms with Crippen LogP contribution in [0.5, 0.6) is 0 Å². The van der Waals surface area contributed by atoms with E-state index in [1.165, 1.54) is 11.3 Å². The van der Waals surface area contributed by atoms with Gasteiger partial charge >= 0.3 is 0 Å². The van der Waals surface area contributed by atoms with Crippen LogP contribution in [-0.2, 0) is 9.84 Å². The highest BCUT2D eigenvalue weighted by atomic mass is 35.5. The van der Waals surface area contributed by atoms with E-state index >= 15 is 0 Å². The molecule has 1 heterocycles. The van der Waals surface area contributed by atoms with Crippen LogP contribution in [0.4, 0.5) is 5.69 Å². The number of aliphatic hydroxyl groups excluding tert-OH is 1. The molecule has 0 aliphatic carbocycles. The summed E-state index contributed by atoms with van der Waals surface area (Å²) in [6.45, 7) is 2.17. The second kappa shape index (κ2) is 6.91. The van der Waals surface area contributed by atoms with Crippen LogP contribution in [0.2, 0.25) is 0 Å². The lowest BCUT2D eigenvalue weighted by Gasteiger charge is -2.09. The molecule has 8 heteroatoms. The molecule has 0 aliphatic rings. The van der Waals surface area contributed by atoms with Gasteiger partial charge in [0.1, 0.15) is 0 Å². The first-order chi connectivity index (χ1) is 9.96. The van der Waals surface area contributed by atoms with Crippen LogP contribution >= 0.6 is 22.9 Å². The Kier molecular flexibility index (Phi) is 5.43. The first kappa shape index (κ1) is 16.5. The van der Waals surface area contributed by atoms with E-state index in [0.29, 0.717) is 18.5 Å². The summed E-state index contributed by atoms with van der Waals surface area (Å²) < 4.78 is 25.0. The van der Waals surface area contributed by atoms with Gasteiger partial charge in [-0.25, -0.2) is 13.4 Å². The molecular weight excluding hydrogens is 332 g/mol. The lowest BCUT2D eigenvalue weighted by molar-refractivity contribution is 0.211. The number of halogens is 1. The van der Waals surface area contributed by atoms with Gasteiger partial charge < -0.3 is 10.4 Å². The van der Waals surface area contributed by atoms with Crippen LogP contribution in [0.15, 0.2) is 22.5 Å². The Bertz CT molecular complexity index is 715. The lowest BCUT2D eigenvalue weighted by Crippen LogP contribution is -2.20. The standard InChI is InChI=1S/C13H17ClN2O3S2/c1-2-5-21(18,19)13-16-11-4-3-9(6-12(11)20-13)15-8-10(17)7-14/h3-4,6,10,15,17H,2,5,7-8H2,1H3. The van der Waals surface area contributed by atoms with Gasteiger partial charge in [0.25, 0.3) is 0 Å². The summed E-state index contributed by atoms with van der Waals surface area (Å²) in [5.74, 6) is 0.273. The number of benzene rings is 1. The zero-order valence-electron chi connectivity index (χ0n) is 11.5. The largest absolute Gasteiger partial charge is 0.390 e. The zero-order chi connectivity index (χ0) is 15.5. The molecule has 0 saturated heterocycles. The third-order valence-corrected chi connectivity index (χ3v) is 6.58. The molecule has 1 atom stereocenters. The summed E-state index contributed by atoms with van der Waals surface area (Å²) >= 11 is 6.70. The van der Waals surface area contributed by atoms with Crippen LogP contribution in [0.25, 0.3) is 10.2 Å². The molecule has 0 amide bonds. The fourth-order valence-electron chi connectivity index (χ4n) is 1.79. The summed E-state index contributed by atoms with van der Waals surface area (Å²) in [4.78, 5) is 4.19. The maximum atomic E-state index is 12.0. The second-order valence-electron chi connectivity index (χ2n) is 4.67. The third-order valence-electron chi connectivity index (χ3n) is 2.83. The molecule has 2 rings (SSSR count). The maximum Gasteiger partial charge on any atom is 0.210 e. The van der Waals surface area contributed by atoms with Gasteiger partial charge in [-0.1, -0.05) is 6.92 Å². The summed E-state index contributed by atoms with van der Waals surface area (Å²) in [6, 6.07) is 5.41. The molecule has 116 valence electrons. The van der Waals surface area contributed by atoms with E-state index in [-0.39, 0.29) is 16.0 Å². The SMILES string of the molecule is CCCS(=O)(=O)c1nc2ccc(NCC(O)CCl)cc2s1. The van der Waals surface area contributed by atoms with E-state index in [4.69, 9.17) is 11.6 Å². The van der Waals surface area contributed by atoms with Gasteiger partial charge in [0.05, 0.1) is 28.0 Å². The number of sulfone groups is 1. The Morgan fingerprint density at radius 1 is 1.48 bits per heavy atom. The molecule has 21 heavy (non-hydrogen) atoms. The van der Waals surface area contributed by atoms with E-state index < -0.39 is 15.9 Å². The van der Waals surface area contributed by atoms with Gasteiger partial charge in [0.15, 0.2) is 0 Å². The van der Waals surface area contributed by atoms with Gasteiger partial charge in [-0.05, 0) is 24.6 Å². The van der Waals surface area contributed by atoms with Crippen molar-refractivity contribution in [2.45, 2.75) is 23.8 Å². The predicted molar refractivity (Wildman–Crippen MR) is 87.2 cm³/mol. The van der Waals surface area contributed by atoms with Gasteiger partial charge in [0, 0.05) is 12.2 Å². The Morgan fingerprint density at radius 3 is 2.90 bits per heavy atom. The Morgan fingerprint density at radius 2 is 2.24 bits per heavy atom. The quantitative estimate of drug-likeness (QED) is 0.751. The zero-order valence-corrected chi connectivity index (χ0v) is 13.9. The molecular formula is C13H17ClN2O3S2. The van der Waals surface area contributed by atoms with E-state index in [1.807, 2.05) is 13.0 Å². The first-order valence-corrected chi connectivity index (χ1v) is 9.58. The molecule has 1 unspecified atom stereocenters. The van der Waals surface area contributed by atoms with E-state index in [1.54, 1.807) is 12.1 Å². The van der Waals surface area contributed by atoms with Gasteiger partial charge in [-0.2, -0.15) is 0 Å². The maximum absolute atomic E-state index is 12.0. The summed E-state index contributed by atoms with van der Waals surface area (Å²) in [6.07, 6.45) is -0.0502.